The van der Waals surface area contributed by atoms with Crippen molar-refractivity contribution in [2.45, 2.75) is 19.4 Å². The summed E-state index contributed by atoms with van der Waals surface area (Å²) in [4.78, 5) is 11.0. The highest BCUT2D eigenvalue weighted by Gasteiger charge is 2.32. The minimum absolute atomic E-state index is 0.121. The van der Waals surface area contributed by atoms with Gasteiger partial charge in [0.2, 0.25) is 0 Å². The number of hydrogen-bond donors (Lipinski definition) is 2. The van der Waals surface area contributed by atoms with Gasteiger partial charge in [0.15, 0.2) is 0 Å². The molecule has 0 bridgehead atoms. The van der Waals surface area contributed by atoms with Crippen molar-refractivity contribution >= 4 is 5.97 Å². The number of aliphatic carboxylic acids is 1. The second kappa shape index (κ2) is 6.43. The summed E-state index contributed by atoms with van der Waals surface area (Å²) in [6.45, 7) is 3.66. The second-order valence-corrected chi connectivity index (χ2v) is 4.51. The number of nitrogens with one attached hydrogen (secondary N) is 1. The van der Waals surface area contributed by atoms with Crippen LogP contribution in [-0.2, 0) is 4.79 Å². The summed E-state index contributed by atoms with van der Waals surface area (Å²) in [6.07, 6.45) is 0.659. The van der Waals surface area contributed by atoms with E-state index < -0.39 is 5.97 Å². The average Bonchev–Trinajstić information content (AvgIpc) is 2.87. The van der Waals surface area contributed by atoms with Gasteiger partial charge in [-0.15, -0.1) is 0 Å². The standard InChI is InChI=1S/C14H19NO4/c1-2-18-10-3-5-11(6-4-10)19-9-13-12(14(16)17)7-8-15-13/h3-6,12-13,15H,2,7-9H2,1H3,(H,16,17). The van der Waals surface area contributed by atoms with Crippen molar-refractivity contribution in [2.24, 2.45) is 5.92 Å². The first-order valence-corrected chi connectivity index (χ1v) is 6.52. The minimum Gasteiger partial charge on any atom is -0.494 e. The van der Waals surface area contributed by atoms with Crippen LogP contribution in [0.5, 0.6) is 11.5 Å². The first-order chi connectivity index (χ1) is 9.20. The number of rotatable bonds is 6. The van der Waals surface area contributed by atoms with Crippen LogP contribution in [0.3, 0.4) is 0 Å². The zero-order chi connectivity index (χ0) is 13.7. The fourth-order valence-electron chi connectivity index (χ4n) is 2.22. The monoisotopic (exact) mass is 265 g/mol. The van der Waals surface area contributed by atoms with Gasteiger partial charge in [0.25, 0.3) is 0 Å². The van der Waals surface area contributed by atoms with E-state index >= 15 is 0 Å². The lowest BCUT2D eigenvalue weighted by molar-refractivity contribution is -0.142. The van der Waals surface area contributed by atoms with Crippen LogP contribution in [0.2, 0.25) is 0 Å². The van der Waals surface area contributed by atoms with Crippen LogP contribution >= 0.6 is 0 Å². The van der Waals surface area contributed by atoms with Crippen molar-refractivity contribution in [3.63, 3.8) is 0 Å². The highest BCUT2D eigenvalue weighted by Crippen LogP contribution is 2.20. The molecule has 2 rings (SSSR count). The molecule has 1 fully saturated rings. The summed E-state index contributed by atoms with van der Waals surface area (Å²) in [6, 6.07) is 7.22. The molecule has 0 aliphatic carbocycles. The number of carbonyl (C=O) groups is 1. The molecular formula is C14H19NO4. The van der Waals surface area contributed by atoms with E-state index in [4.69, 9.17) is 14.6 Å². The topological polar surface area (TPSA) is 67.8 Å². The Morgan fingerprint density at radius 3 is 2.53 bits per heavy atom. The first-order valence-electron chi connectivity index (χ1n) is 6.52. The smallest absolute Gasteiger partial charge is 0.308 e. The quantitative estimate of drug-likeness (QED) is 0.816. The minimum atomic E-state index is -0.759. The highest BCUT2D eigenvalue weighted by molar-refractivity contribution is 5.71. The van der Waals surface area contributed by atoms with E-state index in [-0.39, 0.29) is 12.0 Å². The predicted molar refractivity (Wildman–Crippen MR) is 70.6 cm³/mol. The van der Waals surface area contributed by atoms with Crippen molar-refractivity contribution < 1.29 is 19.4 Å². The van der Waals surface area contributed by atoms with Crippen LogP contribution in [0, 0.1) is 5.92 Å². The van der Waals surface area contributed by atoms with E-state index in [1.165, 1.54) is 0 Å². The first kappa shape index (κ1) is 13.7. The Morgan fingerprint density at radius 1 is 1.32 bits per heavy atom. The molecule has 19 heavy (non-hydrogen) atoms. The van der Waals surface area contributed by atoms with Gasteiger partial charge in [-0.2, -0.15) is 0 Å². The maximum atomic E-state index is 11.0. The molecule has 1 aliphatic rings. The molecule has 1 heterocycles. The molecule has 2 atom stereocenters. The molecule has 0 radical (unpaired) electrons. The summed E-state index contributed by atoms with van der Waals surface area (Å²) in [5.41, 5.74) is 0. The molecule has 1 aromatic carbocycles. The van der Waals surface area contributed by atoms with Gasteiger partial charge < -0.3 is 19.9 Å². The van der Waals surface area contributed by atoms with E-state index in [9.17, 15) is 4.79 Å². The molecule has 1 aliphatic heterocycles. The molecule has 0 saturated carbocycles. The zero-order valence-corrected chi connectivity index (χ0v) is 11.0. The predicted octanol–water partition coefficient (Wildman–Crippen LogP) is 1.53. The van der Waals surface area contributed by atoms with Crippen LogP contribution in [0.25, 0.3) is 0 Å². The van der Waals surface area contributed by atoms with Crippen LogP contribution in [0.4, 0.5) is 0 Å². The fourth-order valence-corrected chi connectivity index (χ4v) is 2.22. The Balaban J connectivity index is 1.86. The van der Waals surface area contributed by atoms with Crippen molar-refractivity contribution in [2.75, 3.05) is 19.8 Å². The fraction of sp³-hybridized carbons (Fsp3) is 0.500. The van der Waals surface area contributed by atoms with Crippen LogP contribution in [0.15, 0.2) is 24.3 Å². The SMILES string of the molecule is CCOc1ccc(OCC2NCCC2C(=O)O)cc1. The molecule has 2 N–H and O–H groups in total. The summed E-state index contributed by atoms with van der Waals surface area (Å²) < 4.78 is 11.0. The molecule has 2 unspecified atom stereocenters. The third-order valence-corrected chi connectivity index (χ3v) is 3.23. The maximum Gasteiger partial charge on any atom is 0.308 e. The van der Waals surface area contributed by atoms with Crippen molar-refractivity contribution in [1.82, 2.24) is 5.32 Å². The summed E-state index contributed by atoms with van der Waals surface area (Å²) in [7, 11) is 0. The van der Waals surface area contributed by atoms with Gasteiger partial charge in [0, 0.05) is 0 Å². The van der Waals surface area contributed by atoms with Crippen molar-refractivity contribution in [3.8, 4) is 11.5 Å². The van der Waals surface area contributed by atoms with Gasteiger partial charge in [-0.25, -0.2) is 0 Å². The molecule has 5 heteroatoms. The van der Waals surface area contributed by atoms with Crippen LogP contribution in [0.1, 0.15) is 13.3 Å². The lowest BCUT2D eigenvalue weighted by Gasteiger charge is -2.16. The Morgan fingerprint density at radius 2 is 1.95 bits per heavy atom. The normalized spacial score (nSPS) is 22.2. The highest BCUT2D eigenvalue weighted by atomic mass is 16.5. The lowest BCUT2D eigenvalue weighted by Crippen LogP contribution is -2.36. The molecule has 104 valence electrons. The Labute approximate surface area is 112 Å². The van der Waals surface area contributed by atoms with Crippen LogP contribution in [-0.4, -0.2) is 36.9 Å². The van der Waals surface area contributed by atoms with E-state index in [0.29, 0.717) is 19.6 Å². The summed E-state index contributed by atoms with van der Waals surface area (Å²) in [5, 5.41) is 12.2. The third-order valence-electron chi connectivity index (χ3n) is 3.23. The number of ether oxygens (including phenoxy) is 2. The average molecular weight is 265 g/mol. The molecule has 1 saturated heterocycles. The van der Waals surface area contributed by atoms with Gasteiger partial charge >= 0.3 is 5.97 Å². The van der Waals surface area contributed by atoms with Crippen molar-refractivity contribution in [1.29, 1.82) is 0 Å². The van der Waals surface area contributed by atoms with E-state index in [1.54, 1.807) is 0 Å². The molecule has 5 nitrogen and oxygen atoms in total. The van der Waals surface area contributed by atoms with Crippen LogP contribution < -0.4 is 14.8 Å². The van der Waals surface area contributed by atoms with Gasteiger partial charge in [0.05, 0.1) is 18.6 Å². The van der Waals surface area contributed by atoms with Gasteiger partial charge in [-0.1, -0.05) is 0 Å². The molecule has 0 spiro atoms. The molecule has 1 aromatic rings. The Bertz CT molecular complexity index is 418. The Hall–Kier alpha value is -1.75. The molecule has 0 amide bonds. The van der Waals surface area contributed by atoms with E-state index in [0.717, 1.165) is 18.0 Å². The largest absolute Gasteiger partial charge is 0.494 e. The second-order valence-electron chi connectivity index (χ2n) is 4.51. The summed E-state index contributed by atoms with van der Waals surface area (Å²) in [5.74, 6) is 0.409. The van der Waals surface area contributed by atoms with Gasteiger partial charge in [0.1, 0.15) is 18.1 Å². The van der Waals surface area contributed by atoms with E-state index in [2.05, 4.69) is 5.32 Å². The van der Waals surface area contributed by atoms with Gasteiger partial charge in [-0.3, -0.25) is 4.79 Å². The third kappa shape index (κ3) is 3.61. The lowest BCUT2D eigenvalue weighted by atomic mass is 10.0. The van der Waals surface area contributed by atoms with Crippen molar-refractivity contribution in [3.05, 3.63) is 24.3 Å². The number of benzene rings is 1. The number of carboxylic acid groups (broad SMARTS) is 1. The zero-order valence-electron chi connectivity index (χ0n) is 11.0. The molecule has 0 aromatic heterocycles. The Kier molecular flexibility index (Phi) is 4.63. The molecular weight excluding hydrogens is 246 g/mol. The number of hydrogen-bond acceptors (Lipinski definition) is 4. The maximum absolute atomic E-state index is 11.0. The van der Waals surface area contributed by atoms with E-state index in [1.807, 2.05) is 31.2 Å². The number of carboxylic acids is 1. The van der Waals surface area contributed by atoms with Gasteiger partial charge in [-0.05, 0) is 44.2 Å². The summed E-state index contributed by atoms with van der Waals surface area (Å²) >= 11 is 0.